The third-order valence-corrected chi connectivity index (χ3v) is 4.45. The Balaban J connectivity index is 1.66. The molecule has 1 amide bonds. The van der Waals surface area contributed by atoms with Gasteiger partial charge in [-0.15, -0.1) is 0 Å². The Morgan fingerprint density at radius 3 is 2.48 bits per heavy atom. The molecule has 1 atom stereocenters. The zero-order valence-corrected chi connectivity index (χ0v) is 15.8. The lowest BCUT2D eigenvalue weighted by atomic mass is 10.1. The Hall–Kier alpha value is -3.12. The van der Waals surface area contributed by atoms with Crippen LogP contribution in [0.1, 0.15) is 22.0 Å². The number of aromatic nitrogens is 2. The number of para-hydroxylation sites is 1. The number of ether oxygens (including phenoxy) is 1. The number of methoxy groups -OCH3 is 1. The average molecular weight is 364 g/mol. The van der Waals surface area contributed by atoms with Crippen LogP contribution >= 0.6 is 0 Å². The maximum absolute atomic E-state index is 12.5. The van der Waals surface area contributed by atoms with Crippen molar-refractivity contribution in [3.05, 3.63) is 78.1 Å². The van der Waals surface area contributed by atoms with E-state index >= 15 is 0 Å². The summed E-state index contributed by atoms with van der Waals surface area (Å²) in [5.41, 5.74) is 2.56. The number of hydrogen-bond donors (Lipinski definition) is 1. The topological polar surface area (TPSA) is 59.4 Å². The zero-order valence-electron chi connectivity index (χ0n) is 15.8. The van der Waals surface area contributed by atoms with Gasteiger partial charge in [0.2, 0.25) is 0 Å². The standard InChI is InChI=1S/C21H24N4O2/c1-24(2)20(16-9-11-19(27-3)12-10-16)14-22-21(26)17-13-23-25(15-17)18-7-5-4-6-8-18/h4-13,15,20H,14H2,1-3H3,(H,22,26)/t20-/m1/s1. The summed E-state index contributed by atoms with van der Waals surface area (Å²) in [4.78, 5) is 14.6. The molecule has 3 aromatic rings. The van der Waals surface area contributed by atoms with Gasteiger partial charge in [0, 0.05) is 12.7 Å². The van der Waals surface area contributed by atoms with Gasteiger partial charge in [0.1, 0.15) is 5.75 Å². The number of rotatable bonds is 7. The van der Waals surface area contributed by atoms with Crippen molar-refractivity contribution in [1.29, 1.82) is 0 Å². The highest BCUT2D eigenvalue weighted by atomic mass is 16.5. The first kappa shape index (κ1) is 18.7. The molecular weight excluding hydrogens is 340 g/mol. The summed E-state index contributed by atoms with van der Waals surface area (Å²) in [6, 6.07) is 17.7. The van der Waals surface area contributed by atoms with Gasteiger partial charge in [0.25, 0.3) is 5.91 Å². The number of nitrogens with one attached hydrogen (secondary N) is 1. The van der Waals surface area contributed by atoms with E-state index < -0.39 is 0 Å². The zero-order chi connectivity index (χ0) is 19.2. The lowest BCUT2D eigenvalue weighted by molar-refractivity contribution is 0.0942. The third-order valence-electron chi connectivity index (χ3n) is 4.45. The Morgan fingerprint density at radius 2 is 1.85 bits per heavy atom. The molecule has 27 heavy (non-hydrogen) atoms. The minimum Gasteiger partial charge on any atom is -0.497 e. The third kappa shape index (κ3) is 4.54. The van der Waals surface area contributed by atoms with Crippen molar-refractivity contribution in [2.45, 2.75) is 6.04 Å². The molecule has 0 saturated heterocycles. The number of likely N-dealkylation sites (N-methyl/N-ethyl adjacent to an activating group) is 1. The number of benzene rings is 2. The summed E-state index contributed by atoms with van der Waals surface area (Å²) in [6.45, 7) is 0.495. The van der Waals surface area contributed by atoms with Gasteiger partial charge in [-0.2, -0.15) is 5.10 Å². The highest BCUT2D eigenvalue weighted by Crippen LogP contribution is 2.21. The predicted molar refractivity (Wildman–Crippen MR) is 105 cm³/mol. The van der Waals surface area contributed by atoms with Gasteiger partial charge in [0.05, 0.1) is 30.6 Å². The fraction of sp³-hybridized carbons (Fsp3) is 0.238. The van der Waals surface area contributed by atoms with Gasteiger partial charge in [-0.25, -0.2) is 4.68 Å². The van der Waals surface area contributed by atoms with Gasteiger partial charge in [-0.05, 0) is 43.9 Å². The molecule has 1 heterocycles. The first-order chi connectivity index (χ1) is 13.1. The van der Waals surface area contributed by atoms with Gasteiger partial charge in [-0.3, -0.25) is 4.79 Å². The van der Waals surface area contributed by atoms with Gasteiger partial charge in [0.15, 0.2) is 0 Å². The summed E-state index contributed by atoms with van der Waals surface area (Å²) >= 11 is 0. The molecule has 2 aromatic carbocycles. The van der Waals surface area contributed by atoms with Crippen LogP contribution in [0, 0.1) is 0 Å². The van der Waals surface area contributed by atoms with E-state index in [2.05, 4.69) is 15.3 Å². The first-order valence-corrected chi connectivity index (χ1v) is 8.77. The molecule has 0 saturated carbocycles. The van der Waals surface area contributed by atoms with Crippen molar-refractivity contribution < 1.29 is 9.53 Å². The molecule has 0 unspecified atom stereocenters. The van der Waals surface area contributed by atoms with Crippen LogP contribution < -0.4 is 10.1 Å². The van der Waals surface area contributed by atoms with E-state index in [0.29, 0.717) is 12.1 Å². The van der Waals surface area contributed by atoms with E-state index in [9.17, 15) is 4.79 Å². The molecule has 0 fully saturated rings. The lowest BCUT2D eigenvalue weighted by Crippen LogP contribution is -2.34. The average Bonchev–Trinajstić information content (AvgIpc) is 3.19. The highest BCUT2D eigenvalue weighted by molar-refractivity contribution is 5.93. The SMILES string of the molecule is COc1ccc([C@@H](CNC(=O)c2cnn(-c3ccccc3)c2)N(C)C)cc1. The number of carbonyl (C=O) groups is 1. The summed E-state index contributed by atoms with van der Waals surface area (Å²) in [5.74, 6) is 0.672. The summed E-state index contributed by atoms with van der Waals surface area (Å²) in [5, 5.41) is 7.29. The molecular formula is C21H24N4O2. The van der Waals surface area contributed by atoms with Crippen molar-refractivity contribution in [3.8, 4) is 11.4 Å². The lowest BCUT2D eigenvalue weighted by Gasteiger charge is -2.25. The van der Waals surface area contributed by atoms with Crippen LogP contribution in [0.15, 0.2) is 67.0 Å². The highest BCUT2D eigenvalue weighted by Gasteiger charge is 2.17. The van der Waals surface area contributed by atoms with Crippen molar-refractivity contribution in [2.24, 2.45) is 0 Å². The number of hydrogen-bond acceptors (Lipinski definition) is 4. The molecule has 1 N–H and O–H groups in total. The second-order valence-electron chi connectivity index (χ2n) is 6.47. The smallest absolute Gasteiger partial charge is 0.254 e. The van der Waals surface area contributed by atoms with Crippen LogP contribution in [0.2, 0.25) is 0 Å². The van der Waals surface area contributed by atoms with Crippen molar-refractivity contribution in [2.75, 3.05) is 27.7 Å². The van der Waals surface area contributed by atoms with Crippen molar-refractivity contribution in [3.63, 3.8) is 0 Å². The van der Waals surface area contributed by atoms with E-state index in [-0.39, 0.29) is 11.9 Å². The fourth-order valence-corrected chi connectivity index (χ4v) is 2.88. The molecule has 0 bridgehead atoms. The second-order valence-corrected chi connectivity index (χ2v) is 6.47. The van der Waals surface area contributed by atoms with E-state index in [1.54, 1.807) is 24.2 Å². The van der Waals surface area contributed by atoms with Crippen LogP contribution in [0.3, 0.4) is 0 Å². The minimum absolute atomic E-state index is 0.0593. The predicted octanol–water partition coefficient (Wildman–Crippen LogP) is 2.91. The minimum atomic E-state index is -0.141. The number of nitrogens with zero attached hydrogens (tertiary/aromatic N) is 3. The molecule has 140 valence electrons. The van der Waals surface area contributed by atoms with E-state index in [1.807, 2.05) is 68.7 Å². The Morgan fingerprint density at radius 1 is 1.15 bits per heavy atom. The normalized spacial score (nSPS) is 12.0. The summed E-state index contributed by atoms with van der Waals surface area (Å²) in [6.07, 6.45) is 3.32. The number of amides is 1. The molecule has 3 rings (SSSR count). The van der Waals surface area contributed by atoms with E-state index in [0.717, 1.165) is 17.0 Å². The van der Waals surface area contributed by atoms with Gasteiger partial charge >= 0.3 is 0 Å². The Labute approximate surface area is 159 Å². The van der Waals surface area contributed by atoms with E-state index in [4.69, 9.17) is 4.74 Å². The largest absolute Gasteiger partial charge is 0.497 e. The van der Waals surface area contributed by atoms with Crippen LogP contribution in [-0.2, 0) is 0 Å². The number of carbonyl (C=O) groups excluding carboxylic acids is 1. The molecule has 0 aliphatic heterocycles. The second kappa shape index (κ2) is 8.51. The molecule has 0 spiro atoms. The fourth-order valence-electron chi connectivity index (χ4n) is 2.88. The van der Waals surface area contributed by atoms with Crippen molar-refractivity contribution in [1.82, 2.24) is 20.0 Å². The molecule has 0 aliphatic carbocycles. The summed E-state index contributed by atoms with van der Waals surface area (Å²) in [7, 11) is 5.64. The monoisotopic (exact) mass is 364 g/mol. The molecule has 1 aromatic heterocycles. The van der Waals surface area contributed by atoms with Crippen molar-refractivity contribution >= 4 is 5.91 Å². The van der Waals surface area contributed by atoms with Gasteiger partial charge in [-0.1, -0.05) is 30.3 Å². The molecule has 0 aliphatic rings. The maximum Gasteiger partial charge on any atom is 0.254 e. The van der Waals surface area contributed by atoms with Crippen LogP contribution in [0.25, 0.3) is 5.69 Å². The van der Waals surface area contributed by atoms with Crippen LogP contribution in [-0.4, -0.2) is 48.3 Å². The quantitative estimate of drug-likeness (QED) is 0.700. The first-order valence-electron chi connectivity index (χ1n) is 8.77. The van der Waals surface area contributed by atoms with E-state index in [1.165, 1.54) is 0 Å². The molecule has 6 heteroatoms. The molecule has 0 radical (unpaired) electrons. The van der Waals surface area contributed by atoms with Gasteiger partial charge < -0.3 is 15.0 Å². The van der Waals surface area contributed by atoms with Crippen LogP contribution in [0.4, 0.5) is 0 Å². The summed E-state index contributed by atoms with van der Waals surface area (Å²) < 4.78 is 6.91. The molecule has 6 nitrogen and oxygen atoms in total. The Kier molecular flexibility index (Phi) is 5.88. The Bertz CT molecular complexity index is 873. The maximum atomic E-state index is 12.5. The van der Waals surface area contributed by atoms with Crippen LogP contribution in [0.5, 0.6) is 5.75 Å².